The summed E-state index contributed by atoms with van der Waals surface area (Å²) in [5.74, 6) is -1.11. The largest absolute Gasteiger partial charge is 0.461 e. The van der Waals surface area contributed by atoms with Gasteiger partial charge in [0.15, 0.2) is 19.0 Å². The summed E-state index contributed by atoms with van der Waals surface area (Å²) in [6.07, 6.45) is -0.690. The Morgan fingerprint density at radius 2 is 1.44 bits per heavy atom. The summed E-state index contributed by atoms with van der Waals surface area (Å²) >= 11 is 0. The predicted molar refractivity (Wildman–Crippen MR) is 142 cm³/mol. The van der Waals surface area contributed by atoms with E-state index in [9.17, 15) is 14.2 Å². The van der Waals surface area contributed by atoms with Crippen molar-refractivity contribution in [2.45, 2.75) is 52.4 Å². The van der Waals surface area contributed by atoms with E-state index in [0.29, 0.717) is 12.2 Å². The molecule has 210 valence electrons. The molecule has 1 heterocycles. The highest BCUT2D eigenvalue weighted by molar-refractivity contribution is 7.53. The molecule has 0 radical (unpaired) electrons. The number of esters is 2. The zero-order valence-electron chi connectivity index (χ0n) is 22.4. The van der Waals surface area contributed by atoms with Crippen molar-refractivity contribution in [3.8, 4) is 11.1 Å². The van der Waals surface area contributed by atoms with Crippen molar-refractivity contribution >= 4 is 19.5 Å². The summed E-state index contributed by atoms with van der Waals surface area (Å²) < 4.78 is 34.3. The van der Waals surface area contributed by atoms with Crippen molar-refractivity contribution < 1.29 is 32.7 Å². The molecule has 3 aromatic rings. The van der Waals surface area contributed by atoms with Crippen LogP contribution >= 0.6 is 7.60 Å². The van der Waals surface area contributed by atoms with E-state index in [1.807, 2.05) is 54.6 Å². The lowest BCUT2D eigenvalue weighted by Crippen LogP contribution is -2.28. The van der Waals surface area contributed by atoms with E-state index in [1.54, 1.807) is 27.7 Å². The molecule has 1 aromatic heterocycles. The van der Waals surface area contributed by atoms with Crippen LogP contribution in [0.4, 0.5) is 0 Å². The van der Waals surface area contributed by atoms with Gasteiger partial charge in [0, 0.05) is 0 Å². The van der Waals surface area contributed by atoms with Gasteiger partial charge in [-0.25, -0.2) is 9.59 Å². The van der Waals surface area contributed by atoms with Gasteiger partial charge in [0.2, 0.25) is 0 Å². The second-order valence-electron chi connectivity index (χ2n) is 9.19. The number of carbonyl (C=O) groups is 2. The van der Waals surface area contributed by atoms with Crippen LogP contribution in [0.3, 0.4) is 0 Å². The number of hydrogen-bond donors (Lipinski definition) is 2. The summed E-state index contributed by atoms with van der Waals surface area (Å²) in [6.45, 7) is 5.48. The van der Waals surface area contributed by atoms with E-state index in [2.05, 4.69) is 25.9 Å². The van der Waals surface area contributed by atoms with Crippen LogP contribution in [0.5, 0.6) is 0 Å². The second-order valence-corrected chi connectivity index (χ2v) is 11.2. The van der Waals surface area contributed by atoms with E-state index in [-0.39, 0.29) is 18.5 Å². The van der Waals surface area contributed by atoms with Crippen molar-refractivity contribution in [2.24, 2.45) is 0 Å². The van der Waals surface area contributed by atoms with Gasteiger partial charge >= 0.3 is 19.5 Å². The zero-order chi connectivity index (χ0) is 28.3. The van der Waals surface area contributed by atoms with Crippen LogP contribution in [0.15, 0.2) is 54.6 Å². The lowest BCUT2D eigenvalue weighted by molar-refractivity contribution is -0.150. The molecule has 0 saturated heterocycles. The molecule has 1 unspecified atom stereocenters. The predicted octanol–water partition coefficient (Wildman–Crippen LogP) is 3.83. The first kappa shape index (κ1) is 30.1. The van der Waals surface area contributed by atoms with Crippen molar-refractivity contribution in [1.29, 1.82) is 0 Å². The van der Waals surface area contributed by atoms with Gasteiger partial charge < -0.3 is 9.47 Å². The Kier molecular flexibility index (Phi) is 11.3. The molecule has 1 atom stereocenters. The molecule has 13 heteroatoms. The van der Waals surface area contributed by atoms with Crippen LogP contribution in [0, 0.1) is 0 Å². The van der Waals surface area contributed by atoms with E-state index in [1.165, 1.54) is 0 Å². The van der Waals surface area contributed by atoms with Gasteiger partial charge in [0.1, 0.15) is 0 Å². The monoisotopic (exact) mass is 559 g/mol. The highest BCUT2D eigenvalue weighted by atomic mass is 31.2. The number of tetrazole rings is 1. The number of rotatable bonds is 15. The Balaban J connectivity index is 1.71. The standard InChI is InChI=1S/C26H34N5O7P/c1-18(2)37-24(32)15-35-39(34,36-16-25(33)38-19(3)4)17-27-23(26-28-30-31-29-26)14-20-10-12-22(13-11-20)21-8-6-5-7-9-21/h5-13,18-19,23,27H,14-17H2,1-4H3,(H,28,29,30,31). The van der Waals surface area contributed by atoms with E-state index in [0.717, 1.165) is 16.7 Å². The minimum absolute atomic E-state index is 0.326. The van der Waals surface area contributed by atoms with Crippen LogP contribution in [0.2, 0.25) is 0 Å². The van der Waals surface area contributed by atoms with Crippen LogP contribution < -0.4 is 5.32 Å². The van der Waals surface area contributed by atoms with E-state index in [4.69, 9.17) is 18.5 Å². The number of aromatic amines is 1. The molecule has 0 bridgehead atoms. The summed E-state index contributed by atoms with van der Waals surface area (Å²) in [5, 5.41) is 17.3. The average molecular weight is 560 g/mol. The number of benzene rings is 2. The molecule has 2 N–H and O–H groups in total. The number of H-pyrrole nitrogens is 1. The molecule has 0 aliphatic rings. The highest BCUT2D eigenvalue weighted by Gasteiger charge is 2.30. The molecule has 0 amide bonds. The van der Waals surface area contributed by atoms with Crippen molar-refractivity contribution in [3.05, 3.63) is 66.0 Å². The Morgan fingerprint density at radius 3 is 1.95 bits per heavy atom. The van der Waals surface area contributed by atoms with Gasteiger partial charge in [-0.1, -0.05) is 59.8 Å². The van der Waals surface area contributed by atoms with Gasteiger partial charge in [-0.05, 0) is 50.8 Å². The third-order valence-electron chi connectivity index (χ3n) is 5.20. The Bertz CT molecular complexity index is 1190. The SMILES string of the molecule is CC(C)OC(=O)COP(=O)(CNC(Cc1ccc(-c2ccccc2)cc1)c1nn[nH]n1)OCC(=O)OC(C)C. The minimum Gasteiger partial charge on any atom is -0.461 e. The first-order valence-corrected chi connectivity index (χ1v) is 14.2. The smallest absolute Gasteiger partial charge is 0.345 e. The summed E-state index contributed by atoms with van der Waals surface area (Å²) in [5.41, 5.74) is 3.12. The summed E-state index contributed by atoms with van der Waals surface area (Å²) in [7, 11) is -4.02. The van der Waals surface area contributed by atoms with E-state index < -0.39 is 38.8 Å². The van der Waals surface area contributed by atoms with Gasteiger partial charge in [-0.3, -0.25) is 18.9 Å². The van der Waals surface area contributed by atoms with Crippen LogP contribution in [-0.2, 0) is 39.1 Å². The average Bonchev–Trinajstić information content (AvgIpc) is 3.44. The summed E-state index contributed by atoms with van der Waals surface area (Å²) in [6, 6.07) is 17.4. The number of nitrogens with zero attached hydrogens (tertiary/aromatic N) is 3. The molecular weight excluding hydrogens is 525 g/mol. The van der Waals surface area contributed by atoms with Gasteiger partial charge in [0.25, 0.3) is 0 Å². The fourth-order valence-electron chi connectivity index (χ4n) is 3.52. The summed E-state index contributed by atoms with van der Waals surface area (Å²) in [4.78, 5) is 24.0. The maximum Gasteiger partial charge on any atom is 0.345 e. The Morgan fingerprint density at radius 1 is 0.872 bits per heavy atom. The maximum absolute atomic E-state index is 13.5. The number of aromatic nitrogens is 4. The third kappa shape index (κ3) is 10.3. The number of hydrogen-bond acceptors (Lipinski definition) is 11. The Labute approximate surface area is 227 Å². The highest BCUT2D eigenvalue weighted by Crippen LogP contribution is 2.47. The quantitative estimate of drug-likeness (QED) is 0.206. The Hall–Kier alpha value is -3.44. The molecule has 39 heavy (non-hydrogen) atoms. The molecule has 2 aromatic carbocycles. The topological polar surface area (TPSA) is 155 Å². The maximum atomic E-state index is 13.5. The fraction of sp³-hybridized carbons (Fsp3) is 0.423. The second kappa shape index (κ2) is 14.6. The van der Waals surface area contributed by atoms with Crippen LogP contribution in [0.1, 0.15) is 45.1 Å². The molecule has 0 fully saturated rings. The molecule has 0 saturated carbocycles. The first-order valence-electron chi connectivity index (χ1n) is 12.5. The first-order chi connectivity index (χ1) is 18.6. The van der Waals surface area contributed by atoms with E-state index >= 15 is 0 Å². The van der Waals surface area contributed by atoms with Crippen LogP contribution in [0.25, 0.3) is 11.1 Å². The van der Waals surface area contributed by atoms with Crippen LogP contribution in [-0.4, -0.2) is 64.3 Å². The fourth-order valence-corrected chi connectivity index (χ4v) is 4.82. The van der Waals surface area contributed by atoms with Crippen molar-refractivity contribution in [3.63, 3.8) is 0 Å². The zero-order valence-corrected chi connectivity index (χ0v) is 23.3. The number of nitrogens with one attached hydrogen (secondary N) is 2. The minimum atomic E-state index is -4.02. The van der Waals surface area contributed by atoms with Crippen molar-refractivity contribution in [1.82, 2.24) is 25.9 Å². The number of carbonyl (C=O) groups excluding carboxylic acids is 2. The molecule has 0 aliphatic carbocycles. The van der Waals surface area contributed by atoms with Gasteiger partial charge in [-0.2, -0.15) is 5.21 Å². The van der Waals surface area contributed by atoms with Gasteiger partial charge in [0.05, 0.1) is 24.5 Å². The molecule has 0 aliphatic heterocycles. The molecule has 3 rings (SSSR count). The number of ether oxygens (including phenoxy) is 2. The molecular formula is C26H34N5O7P. The lowest BCUT2D eigenvalue weighted by Gasteiger charge is -2.22. The van der Waals surface area contributed by atoms with Gasteiger partial charge in [-0.15, -0.1) is 10.2 Å². The molecule has 0 spiro atoms. The lowest BCUT2D eigenvalue weighted by atomic mass is 10.0. The third-order valence-corrected chi connectivity index (χ3v) is 6.81. The molecule has 12 nitrogen and oxygen atoms in total. The normalized spacial score (nSPS) is 12.5. The van der Waals surface area contributed by atoms with Crippen molar-refractivity contribution in [2.75, 3.05) is 19.5 Å².